The van der Waals surface area contributed by atoms with Gasteiger partial charge in [0.05, 0.1) is 36.5 Å². The number of benzene rings is 1. The summed E-state index contributed by atoms with van der Waals surface area (Å²) in [4.78, 5) is 27.7. The average Bonchev–Trinajstić information content (AvgIpc) is 3.02. The number of aromatic nitrogens is 2. The summed E-state index contributed by atoms with van der Waals surface area (Å²) in [6.07, 6.45) is 0. The Morgan fingerprint density at radius 1 is 1.08 bits per heavy atom. The van der Waals surface area contributed by atoms with Crippen LogP contribution in [-0.2, 0) is 26.0 Å². The van der Waals surface area contributed by atoms with Gasteiger partial charge in [-0.25, -0.2) is 9.97 Å². The quantitative estimate of drug-likeness (QED) is 0.471. The van der Waals surface area contributed by atoms with Gasteiger partial charge in [0.25, 0.3) is 0 Å². The molecule has 202 valence electrons. The van der Waals surface area contributed by atoms with Crippen molar-refractivity contribution in [1.82, 2.24) is 9.97 Å². The minimum Gasteiger partial charge on any atom is -0.409 e. The maximum absolute atomic E-state index is 13.8. The summed E-state index contributed by atoms with van der Waals surface area (Å²) in [5.41, 5.74) is 2.00. The molecule has 0 atom stereocenters. The molecule has 37 heavy (non-hydrogen) atoms. The highest BCUT2D eigenvalue weighted by molar-refractivity contribution is 6.74. The summed E-state index contributed by atoms with van der Waals surface area (Å²) in [6.45, 7) is 22.7. The third-order valence-corrected chi connectivity index (χ3v) is 12.3. The number of carbonyl (C=O) groups excluding carboxylic acids is 1. The second kappa shape index (κ2) is 10.00. The van der Waals surface area contributed by atoms with E-state index in [0.717, 1.165) is 43.2 Å². The van der Waals surface area contributed by atoms with Crippen LogP contribution in [0.5, 0.6) is 0 Å². The van der Waals surface area contributed by atoms with Crippen LogP contribution in [0.1, 0.15) is 59.9 Å². The molecule has 4 rings (SSSR count). The van der Waals surface area contributed by atoms with Crippen LogP contribution in [0.2, 0.25) is 18.1 Å². The van der Waals surface area contributed by atoms with Crippen LogP contribution in [-0.4, -0.2) is 56.5 Å². The van der Waals surface area contributed by atoms with E-state index in [-0.39, 0.29) is 17.0 Å². The summed E-state index contributed by atoms with van der Waals surface area (Å²) in [7, 11) is -2.00. The Bertz CT molecular complexity index is 1140. The van der Waals surface area contributed by atoms with E-state index < -0.39 is 13.7 Å². The van der Waals surface area contributed by atoms with Crippen LogP contribution in [0.25, 0.3) is 0 Å². The van der Waals surface area contributed by atoms with Gasteiger partial charge in [-0.05, 0) is 70.1 Å². The molecule has 3 heterocycles. The first kappa shape index (κ1) is 27.5. The Morgan fingerprint density at radius 2 is 1.68 bits per heavy atom. The van der Waals surface area contributed by atoms with E-state index in [9.17, 15) is 4.79 Å². The maximum Gasteiger partial charge on any atom is 0.243 e. The van der Waals surface area contributed by atoms with Gasteiger partial charge in [-0.1, -0.05) is 20.8 Å². The topological polar surface area (TPSA) is 79.8 Å². The van der Waals surface area contributed by atoms with E-state index in [4.69, 9.17) is 19.1 Å². The standard InChI is InChI=1S/C28H43N5O3Si/c1-19(2)29-24-23-25(31-22(30-24)18-36-37(8,9)27(3,4)5)33(26(34)28(23,6)7)21-12-10-20(11-13-21)32-14-16-35-17-15-32/h10-13,19H,14-18H2,1-9H3,(H,29,30,31). The number of nitrogens with one attached hydrogen (secondary N) is 1. The number of carbonyl (C=O) groups is 1. The lowest BCUT2D eigenvalue weighted by molar-refractivity contribution is -0.121. The minimum absolute atomic E-state index is 0.00908. The van der Waals surface area contributed by atoms with Gasteiger partial charge in [0.1, 0.15) is 11.6 Å². The van der Waals surface area contributed by atoms with Gasteiger partial charge in [0.15, 0.2) is 14.1 Å². The summed E-state index contributed by atoms with van der Waals surface area (Å²) in [6, 6.07) is 8.33. The van der Waals surface area contributed by atoms with Crippen LogP contribution in [0.15, 0.2) is 24.3 Å². The third kappa shape index (κ3) is 5.40. The van der Waals surface area contributed by atoms with E-state index in [1.54, 1.807) is 4.90 Å². The zero-order valence-electron chi connectivity index (χ0n) is 23.9. The van der Waals surface area contributed by atoms with Crippen LogP contribution in [0, 0.1) is 0 Å². The Kier molecular flexibility index (Phi) is 7.44. The molecule has 0 radical (unpaired) electrons. The Hall–Kier alpha value is -2.49. The van der Waals surface area contributed by atoms with Gasteiger partial charge >= 0.3 is 0 Å². The average molecular weight is 526 g/mol. The summed E-state index contributed by atoms with van der Waals surface area (Å²) < 4.78 is 12.0. The molecule has 1 aromatic carbocycles. The summed E-state index contributed by atoms with van der Waals surface area (Å²) in [5.74, 6) is 1.93. The lowest BCUT2D eigenvalue weighted by Crippen LogP contribution is -2.40. The van der Waals surface area contributed by atoms with E-state index >= 15 is 0 Å². The van der Waals surface area contributed by atoms with E-state index in [0.29, 0.717) is 24.1 Å². The minimum atomic E-state index is -2.00. The van der Waals surface area contributed by atoms with E-state index in [1.165, 1.54) is 0 Å². The second-order valence-corrected chi connectivity index (χ2v) is 17.2. The Labute approximate surface area is 222 Å². The van der Waals surface area contributed by atoms with Gasteiger partial charge in [0.2, 0.25) is 5.91 Å². The molecule has 1 N–H and O–H groups in total. The van der Waals surface area contributed by atoms with Gasteiger partial charge in [-0.3, -0.25) is 9.69 Å². The molecule has 1 aromatic heterocycles. The molecule has 1 saturated heterocycles. The number of morpholine rings is 1. The number of amides is 1. The molecule has 0 saturated carbocycles. The summed E-state index contributed by atoms with van der Waals surface area (Å²) in [5, 5.41) is 3.56. The molecular formula is C28H43N5O3Si. The van der Waals surface area contributed by atoms with Crippen molar-refractivity contribution in [2.24, 2.45) is 0 Å². The molecule has 9 heteroatoms. The van der Waals surface area contributed by atoms with Crippen LogP contribution in [0.4, 0.5) is 23.0 Å². The van der Waals surface area contributed by atoms with Crippen molar-refractivity contribution >= 4 is 37.2 Å². The highest BCUT2D eigenvalue weighted by atomic mass is 28.4. The maximum atomic E-state index is 13.8. The number of fused-ring (bicyclic) bond motifs is 1. The fraction of sp³-hybridized carbons (Fsp3) is 0.607. The molecule has 2 aromatic rings. The zero-order valence-corrected chi connectivity index (χ0v) is 24.9. The molecule has 0 aliphatic carbocycles. The molecule has 0 bridgehead atoms. The number of nitrogens with zero attached hydrogens (tertiary/aromatic N) is 4. The van der Waals surface area contributed by atoms with Crippen molar-refractivity contribution in [3.8, 4) is 0 Å². The van der Waals surface area contributed by atoms with Gasteiger partial charge in [-0.15, -0.1) is 0 Å². The van der Waals surface area contributed by atoms with Crippen LogP contribution >= 0.6 is 0 Å². The molecule has 0 spiro atoms. The first-order valence-corrected chi connectivity index (χ1v) is 16.2. The molecular weight excluding hydrogens is 482 g/mol. The van der Waals surface area contributed by atoms with Crippen molar-refractivity contribution in [2.45, 2.75) is 84.7 Å². The predicted molar refractivity (Wildman–Crippen MR) is 152 cm³/mol. The SMILES string of the molecule is CC(C)Nc1nc(CO[Si](C)(C)C(C)(C)C)nc2c1C(C)(C)C(=O)N2c1ccc(N2CCOCC2)cc1. The highest BCUT2D eigenvalue weighted by Gasteiger charge is 2.48. The summed E-state index contributed by atoms with van der Waals surface area (Å²) >= 11 is 0. The number of anilines is 4. The van der Waals surface area contributed by atoms with Crippen molar-refractivity contribution in [3.63, 3.8) is 0 Å². The smallest absolute Gasteiger partial charge is 0.243 e. The highest BCUT2D eigenvalue weighted by Crippen LogP contribution is 2.47. The van der Waals surface area contributed by atoms with Gasteiger partial charge in [-0.2, -0.15) is 0 Å². The molecule has 1 fully saturated rings. The lowest BCUT2D eigenvalue weighted by atomic mass is 9.87. The zero-order chi connectivity index (χ0) is 27.2. The van der Waals surface area contributed by atoms with E-state index in [1.807, 2.05) is 26.0 Å². The van der Waals surface area contributed by atoms with E-state index in [2.05, 4.69) is 70.1 Å². The first-order chi connectivity index (χ1) is 17.2. The lowest BCUT2D eigenvalue weighted by Gasteiger charge is -2.36. The molecule has 1 amide bonds. The number of hydrogen-bond acceptors (Lipinski definition) is 7. The fourth-order valence-electron chi connectivity index (χ4n) is 4.49. The molecule has 2 aliphatic rings. The van der Waals surface area contributed by atoms with Gasteiger partial charge in [0, 0.05) is 24.8 Å². The van der Waals surface area contributed by atoms with Crippen LogP contribution < -0.4 is 15.1 Å². The van der Waals surface area contributed by atoms with Crippen molar-refractivity contribution in [1.29, 1.82) is 0 Å². The van der Waals surface area contributed by atoms with Crippen molar-refractivity contribution < 1.29 is 14.0 Å². The third-order valence-electron chi connectivity index (χ3n) is 7.79. The second-order valence-electron chi connectivity index (χ2n) is 12.4. The largest absolute Gasteiger partial charge is 0.409 e. The van der Waals surface area contributed by atoms with Crippen LogP contribution in [0.3, 0.4) is 0 Å². The number of rotatable bonds is 7. The normalized spacial score (nSPS) is 17.9. The van der Waals surface area contributed by atoms with Gasteiger partial charge < -0.3 is 19.4 Å². The predicted octanol–water partition coefficient (Wildman–Crippen LogP) is 5.61. The monoisotopic (exact) mass is 525 g/mol. The number of hydrogen-bond donors (Lipinski definition) is 1. The Balaban J connectivity index is 1.74. The van der Waals surface area contributed by atoms with Crippen molar-refractivity contribution in [3.05, 3.63) is 35.7 Å². The fourth-order valence-corrected chi connectivity index (χ4v) is 5.41. The Morgan fingerprint density at radius 3 is 2.24 bits per heavy atom. The first-order valence-electron chi connectivity index (χ1n) is 13.3. The molecule has 8 nitrogen and oxygen atoms in total. The number of ether oxygens (including phenoxy) is 1. The molecule has 2 aliphatic heterocycles. The van der Waals surface area contributed by atoms with Crippen molar-refractivity contribution in [2.75, 3.05) is 41.4 Å². The molecule has 0 unspecified atom stereocenters.